The Labute approximate surface area is 174 Å². The van der Waals surface area contributed by atoms with Crippen molar-refractivity contribution in [3.8, 4) is 0 Å². The second-order valence-corrected chi connectivity index (χ2v) is 1.41. The molecule has 0 radical (unpaired) electrons. The second-order valence-electron chi connectivity index (χ2n) is 0.469. The van der Waals surface area contributed by atoms with Crippen molar-refractivity contribution in [3.63, 3.8) is 0 Å². The van der Waals surface area contributed by atoms with Gasteiger partial charge in [0, 0.05) is 0 Å². The first kappa shape index (κ1) is 23.8. The first-order valence-electron chi connectivity index (χ1n) is 1.13. The molecule has 0 aromatic heterocycles. The van der Waals surface area contributed by atoms with Crippen LogP contribution in [0.2, 0.25) is 0 Å². The van der Waals surface area contributed by atoms with Crippen molar-refractivity contribution in [3.05, 3.63) is 0 Å². The summed E-state index contributed by atoms with van der Waals surface area (Å²) in [6.45, 7) is 0. The molecule has 0 saturated carbocycles. The standard InChI is InChI=1S/ClH.3K.H3O4P/c;;;;1-5(2,3)4/h1H;;;;(H3,1,2,3,4)/q;3*+1;/p-3. The monoisotopic (exact) mass is 248 g/mol. The molecule has 0 aliphatic rings. The normalized spacial score (nSPS) is 7.33. The van der Waals surface area contributed by atoms with E-state index in [0.29, 0.717) is 47.1 Å². The molecule has 0 aromatic carbocycles. The van der Waals surface area contributed by atoms with Gasteiger partial charge in [0.05, 0.1) is 7.82 Å². The smallest absolute Gasteiger partial charge is 1.00 e. The summed E-state index contributed by atoms with van der Waals surface area (Å²) in [4.78, 5) is 24.3. The fourth-order valence-corrected chi connectivity index (χ4v) is 0. The number of hydrogen-bond acceptors (Lipinski definition) is 3. The van der Waals surface area contributed by atoms with Crippen LogP contribution in [0, 0.1) is 0 Å². The van der Waals surface area contributed by atoms with Gasteiger partial charge < -0.3 is 19.2 Å². The maximum Gasteiger partial charge on any atom is 1.00 e. The van der Waals surface area contributed by atoms with Crippen LogP contribution in [0.25, 0.3) is 0 Å². The van der Waals surface area contributed by atoms with E-state index in [1.54, 1.807) is 0 Å². The molecule has 1 N–H and O–H groups in total. The number of halogens is 1. The van der Waals surface area contributed by atoms with Crippen molar-refractivity contribution in [1.82, 2.24) is 0 Å². The predicted molar refractivity (Wildman–Crippen MR) is 21.4 cm³/mol. The fraction of sp³-hybridized carbons (Fsp3) is 0. The topological polar surface area (TPSA) is 83.4 Å². The summed E-state index contributed by atoms with van der Waals surface area (Å²) < 4.78 is 13.5. The molecular weight excluding hydrogens is 248 g/mol. The van der Waals surface area contributed by atoms with Crippen molar-refractivity contribution in [2.45, 2.75) is 0 Å². The summed E-state index contributed by atoms with van der Waals surface area (Å²) in [6.07, 6.45) is 0. The minimum atomic E-state index is -5.14. The molecule has 0 fully saturated rings. The van der Waals surface area contributed by atoms with E-state index >= 15 is 0 Å². The molecule has 0 heterocycles. The minimum Gasteiger partial charge on any atom is 1.00 e. The van der Waals surface area contributed by atoms with E-state index in [0.717, 1.165) is 0 Å². The van der Waals surface area contributed by atoms with Gasteiger partial charge in [-0.2, -0.15) is 0 Å². The maximum atomic E-state index is 8.66. The van der Waals surface area contributed by atoms with Crippen molar-refractivity contribution in [2.24, 2.45) is 0 Å². The molecule has 0 spiro atoms. The average molecular weight is 249 g/mol. The van der Waals surface area contributed by atoms with Crippen LogP contribution >= 0.6 is 11.6 Å². The molecule has 9 heavy (non-hydrogen) atoms. The quantitative estimate of drug-likeness (QED) is 0.341. The molecule has 0 atom stereocenters. The third-order valence-corrected chi connectivity index (χ3v) is 0. The Morgan fingerprint density at radius 1 is 1.33 bits per heavy atom. The number of phosphoric acid groups is 1. The SMILES string of the molecule is O=P([O-])([O-])O.[Cl][K].[K+].[K+]. The van der Waals surface area contributed by atoms with Crippen LogP contribution < -0.4 is 113 Å². The van der Waals surface area contributed by atoms with Gasteiger partial charge >= 0.3 is 154 Å². The predicted octanol–water partition coefficient (Wildman–Crippen LogP) is -7.88. The van der Waals surface area contributed by atoms with E-state index in [4.69, 9.17) is 23.0 Å². The Morgan fingerprint density at radius 3 is 1.33 bits per heavy atom. The molecular formula is HClK3O4P. The Balaban J connectivity index is -0.0000000286. The summed E-state index contributed by atoms with van der Waals surface area (Å²) in [5.41, 5.74) is 0. The molecule has 9 heteroatoms. The summed E-state index contributed by atoms with van der Waals surface area (Å²) in [7, 11) is -5.14. The number of rotatable bonds is 0. The average Bonchev–Trinajstić information content (AvgIpc) is 1.36. The molecule has 0 aliphatic heterocycles. The molecule has 0 aliphatic carbocycles. The fourth-order valence-electron chi connectivity index (χ4n) is 0. The Hall–Kier alpha value is 5.31. The molecule has 0 rings (SSSR count). The number of hydrogen-bond donors (Lipinski definition) is 1. The van der Waals surface area contributed by atoms with Crippen LogP contribution in [0.15, 0.2) is 0 Å². The zero-order valence-corrected chi connectivity index (χ0v) is 16.5. The molecule has 0 unspecified atom stereocenters. The van der Waals surface area contributed by atoms with Gasteiger partial charge in [0.2, 0.25) is 0 Å². The molecule has 0 bridgehead atoms. The van der Waals surface area contributed by atoms with Gasteiger partial charge in [-0.15, -0.1) is 0 Å². The van der Waals surface area contributed by atoms with Crippen LogP contribution in [-0.2, 0) is 4.57 Å². The van der Waals surface area contributed by atoms with Crippen molar-refractivity contribution >= 4 is 58.7 Å². The van der Waals surface area contributed by atoms with Gasteiger partial charge in [-0.25, -0.2) is 0 Å². The molecule has 0 saturated heterocycles. The van der Waals surface area contributed by atoms with Crippen LogP contribution in [0.4, 0.5) is 0 Å². The Bertz CT molecular complexity index is 61.9. The summed E-state index contributed by atoms with van der Waals surface area (Å²) >= 11 is 0.535. The maximum absolute atomic E-state index is 8.66. The van der Waals surface area contributed by atoms with Crippen LogP contribution in [0.3, 0.4) is 0 Å². The van der Waals surface area contributed by atoms with E-state index in [2.05, 4.69) is 0 Å². The van der Waals surface area contributed by atoms with Gasteiger partial charge in [-0.3, -0.25) is 0 Å². The van der Waals surface area contributed by atoms with Crippen LogP contribution in [0.1, 0.15) is 0 Å². The largest absolute Gasteiger partial charge is 1.00 e. The third kappa shape index (κ3) is 60.4. The van der Waals surface area contributed by atoms with Gasteiger partial charge in [-0.1, -0.05) is 0 Å². The van der Waals surface area contributed by atoms with Gasteiger partial charge in [0.25, 0.3) is 0 Å². The first-order valence-corrected chi connectivity index (χ1v) is 6.92. The molecule has 4 nitrogen and oxygen atoms in total. The van der Waals surface area contributed by atoms with Gasteiger partial charge in [0.15, 0.2) is 0 Å². The van der Waals surface area contributed by atoms with E-state index in [1.807, 2.05) is 0 Å². The zero-order chi connectivity index (χ0) is 6.50. The van der Waals surface area contributed by atoms with Gasteiger partial charge in [0.1, 0.15) is 0 Å². The zero-order valence-electron chi connectivity index (χ0n) is 5.50. The van der Waals surface area contributed by atoms with Crippen molar-refractivity contribution < 1.29 is 122 Å². The molecule has 0 amide bonds. The third-order valence-electron chi connectivity index (χ3n) is 0. The van der Waals surface area contributed by atoms with E-state index in [-0.39, 0.29) is 103 Å². The summed E-state index contributed by atoms with van der Waals surface area (Å²) in [6, 6.07) is 0. The van der Waals surface area contributed by atoms with E-state index in [1.165, 1.54) is 0 Å². The Morgan fingerprint density at radius 2 is 1.33 bits per heavy atom. The summed E-state index contributed by atoms with van der Waals surface area (Å²) in [5.74, 6) is 0. The molecule has 40 valence electrons. The minimum absolute atomic E-state index is 0. The molecule has 0 aromatic rings. The van der Waals surface area contributed by atoms with Crippen molar-refractivity contribution in [2.75, 3.05) is 0 Å². The van der Waals surface area contributed by atoms with E-state index in [9.17, 15) is 0 Å². The van der Waals surface area contributed by atoms with Gasteiger partial charge in [-0.05, 0) is 0 Å². The van der Waals surface area contributed by atoms with Crippen molar-refractivity contribution in [1.29, 1.82) is 0 Å². The summed E-state index contributed by atoms with van der Waals surface area (Å²) in [5, 5.41) is 0. The first-order chi connectivity index (χ1) is 3.00. The second kappa shape index (κ2) is 15.8. The Kier molecular flexibility index (Phi) is 41.8. The van der Waals surface area contributed by atoms with Crippen LogP contribution in [-0.4, -0.2) is 52.0 Å². The van der Waals surface area contributed by atoms with E-state index < -0.39 is 7.82 Å². The van der Waals surface area contributed by atoms with Crippen LogP contribution in [0.5, 0.6) is 0 Å².